The van der Waals surface area contributed by atoms with Crippen molar-refractivity contribution >= 4 is 23.1 Å². The van der Waals surface area contributed by atoms with Crippen molar-refractivity contribution in [2.75, 3.05) is 31.5 Å². The molecule has 1 aliphatic carbocycles. The Balaban J connectivity index is 2.05. The van der Waals surface area contributed by atoms with E-state index in [1.807, 2.05) is 36.4 Å². The first kappa shape index (κ1) is 22.7. The van der Waals surface area contributed by atoms with Gasteiger partial charge in [-0.25, -0.2) is 0 Å². The van der Waals surface area contributed by atoms with Crippen LogP contribution in [0.25, 0.3) is 0 Å². The fourth-order valence-corrected chi connectivity index (χ4v) is 4.91. The normalized spacial score (nSPS) is 19.2. The number of ketones is 1. The molecule has 0 radical (unpaired) electrons. The third-order valence-corrected chi connectivity index (χ3v) is 6.24. The Hall–Kier alpha value is -3.48. The standard InChI is InChI=1S/C26H30N2O5/c1-15(29)28-19-10-8-7-9-17(19)27-18-13-26(2,3)14-20(30)23(18)24(28)16-11-21(31-4)25(33-6)22(12-16)32-5/h7-12,24,27H,13-14H2,1-6H3. The molecule has 4 rings (SSSR count). The van der Waals surface area contributed by atoms with E-state index in [-0.39, 0.29) is 17.1 Å². The van der Waals surface area contributed by atoms with Gasteiger partial charge in [0.1, 0.15) is 0 Å². The molecule has 0 aromatic heterocycles. The molecule has 1 aliphatic heterocycles. The summed E-state index contributed by atoms with van der Waals surface area (Å²) in [5.41, 5.74) is 3.45. The van der Waals surface area contributed by atoms with Gasteiger partial charge in [-0.3, -0.25) is 14.5 Å². The Kier molecular flexibility index (Phi) is 5.82. The van der Waals surface area contributed by atoms with Crippen molar-refractivity contribution in [1.29, 1.82) is 0 Å². The van der Waals surface area contributed by atoms with E-state index in [4.69, 9.17) is 14.2 Å². The Bertz CT molecular complexity index is 1130. The van der Waals surface area contributed by atoms with Crippen LogP contribution in [-0.2, 0) is 9.59 Å². The monoisotopic (exact) mass is 450 g/mol. The summed E-state index contributed by atoms with van der Waals surface area (Å²) in [7, 11) is 4.64. The second-order valence-electron chi connectivity index (χ2n) is 9.23. The average molecular weight is 451 g/mol. The second-order valence-corrected chi connectivity index (χ2v) is 9.23. The minimum atomic E-state index is -0.647. The maximum atomic E-state index is 13.6. The molecule has 1 atom stereocenters. The van der Waals surface area contributed by atoms with Crippen molar-refractivity contribution < 1.29 is 23.8 Å². The van der Waals surface area contributed by atoms with Crippen LogP contribution in [0, 0.1) is 5.41 Å². The van der Waals surface area contributed by atoms with Crippen LogP contribution < -0.4 is 24.4 Å². The third-order valence-electron chi connectivity index (χ3n) is 6.24. The van der Waals surface area contributed by atoms with Gasteiger partial charge in [0.25, 0.3) is 0 Å². The number of nitrogens with one attached hydrogen (secondary N) is 1. The summed E-state index contributed by atoms with van der Waals surface area (Å²) < 4.78 is 16.6. The highest BCUT2D eigenvalue weighted by atomic mass is 16.5. The number of rotatable bonds is 4. The molecule has 2 aromatic rings. The molecule has 1 heterocycles. The first-order chi connectivity index (χ1) is 15.7. The van der Waals surface area contributed by atoms with Crippen molar-refractivity contribution in [3.63, 3.8) is 0 Å². The lowest BCUT2D eigenvalue weighted by Crippen LogP contribution is -2.38. The van der Waals surface area contributed by atoms with Gasteiger partial charge in [0.2, 0.25) is 11.7 Å². The summed E-state index contributed by atoms with van der Waals surface area (Å²) >= 11 is 0. The van der Waals surface area contributed by atoms with Crippen molar-refractivity contribution in [3.05, 3.63) is 53.2 Å². The van der Waals surface area contributed by atoms with Crippen LogP contribution in [0.2, 0.25) is 0 Å². The quantitative estimate of drug-likeness (QED) is 0.716. The zero-order chi connectivity index (χ0) is 23.9. The van der Waals surface area contributed by atoms with Crippen LogP contribution in [0.4, 0.5) is 11.4 Å². The van der Waals surface area contributed by atoms with Crippen molar-refractivity contribution in [1.82, 2.24) is 0 Å². The van der Waals surface area contributed by atoms with Crippen molar-refractivity contribution in [3.8, 4) is 17.2 Å². The minimum absolute atomic E-state index is 0.0200. The van der Waals surface area contributed by atoms with Crippen LogP contribution in [0.5, 0.6) is 17.2 Å². The molecular formula is C26H30N2O5. The fraction of sp³-hybridized carbons (Fsp3) is 0.385. The van der Waals surface area contributed by atoms with E-state index in [2.05, 4.69) is 19.2 Å². The van der Waals surface area contributed by atoms with E-state index in [9.17, 15) is 9.59 Å². The molecule has 1 amide bonds. The second kappa shape index (κ2) is 8.46. The van der Waals surface area contributed by atoms with Gasteiger partial charge < -0.3 is 19.5 Å². The van der Waals surface area contributed by atoms with E-state index in [0.29, 0.717) is 46.9 Å². The number of fused-ring (bicyclic) bond motifs is 1. The number of methoxy groups -OCH3 is 3. The van der Waals surface area contributed by atoms with Gasteiger partial charge in [0, 0.05) is 24.6 Å². The fourth-order valence-electron chi connectivity index (χ4n) is 4.91. The molecule has 1 N–H and O–H groups in total. The Morgan fingerprint density at radius 1 is 1.03 bits per heavy atom. The van der Waals surface area contributed by atoms with E-state index in [1.165, 1.54) is 6.92 Å². The lowest BCUT2D eigenvalue weighted by atomic mass is 9.73. The lowest BCUT2D eigenvalue weighted by Gasteiger charge is -2.37. The lowest BCUT2D eigenvalue weighted by molar-refractivity contribution is -0.118. The van der Waals surface area contributed by atoms with Crippen LogP contribution in [0.3, 0.4) is 0 Å². The molecule has 2 aliphatic rings. The number of hydrogen-bond donors (Lipinski definition) is 1. The van der Waals surface area contributed by atoms with E-state index >= 15 is 0 Å². The Morgan fingerprint density at radius 2 is 1.67 bits per heavy atom. The zero-order valence-corrected chi connectivity index (χ0v) is 19.9. The van der Waals surface area contributed by atoms with Gasteiger partial charge in [-0.2, -0.15) is 0 Å². The largest absolute Gasteiger partial charge is 0.493 e. The molecule has 0 saturated carbocycles. The number of ether oxygens (including phenoxy) is 3. The summed E-state index contributed by atoms with van der Waals surface area (Å²) in [4.78, 5) is 28.4. The van der Waals surface area contributed by atoms with Crippen LogP contribution in [0.1, 0.15) is 45.2 Å². The molecule has 1 unspecified atom stereocenters. The number of anilines is 2. The van der Waals surface area contributed by atoms with Crippen LogP contribution >= 0.6 is 0 Å². The smallest absolute Gasteiger partial charge is 0.224 e. The van der Waals surface area contributed by atoms with Gasteiger partial charge in [-0.15, -0.1) is 0 Å². The zero-order valence-electron chi connectivity index (χ0n) is 19.9. The summed E-state index contributed by atoms with van der Waals surface area (Å²) in [5.74, 6) is 1.23. The van der Waals surface area contributed by atoms with Crippen molar-refractivity contribution in [2.24, 2.45) is 5.41 Å². The number of amides is 1. The highest BCUT2D eigenvalue weighted by molar-refractivity contribution is 6.06. The van der Waals surface area contributed by atoms with Gasteiger partial charge in [-0.1, -0.05) is 26.0 Å². The SMILES string of the molecule is COc1cc(C2C3=C(CC(C)(C)CC3=O)Nc3ccccc3N2C(C)=O)cc(OC)c1OC. The first-order valence-corrected chi connectivity index (χ1v) is 10.9. The maximum Gasteiger partial charge on any atom is 0.224 e. The number of carbonyl (C=O) groups is 2. The molecule has 0 bridgehead atoms. The number of nitrogens with zero attached hydrogens (tertiary/aromatic N) is 1. The Morgan fingerprint density at radius 3 is 2.24 bits per heavy atom. The van der Waals surface area contributed by atoms with Crippen LogP contribution in [0.15, 0.2) is 47.7 Å². The van der Waals surface area contributed by atoms with Gasteiger partial charge in [0.15, 0.2) is 17.3 Å². The summed E-state index contributed by atoms with van der Waals surface area (Å²) in [5, 5.41) is 3.49. The van der Waals surface area contributed by atoms with Gasteiger partial charge in [-0.05, 0) is 41.7 Å². The van der Waals surface area contributed by atoms with E-state index < -0.39 is 6.04 Å². The van der Waals surface area contributed by atoms with Crippen LogP contribution in [-0.4, -0.2) is 33.0 Å². The molecule has 7 heteroatoms. The summed E-state index contributed by atoms with van der Waals surface area (Å²) in [6.45, 7) is 5.69. The number of carbonyl (C=O) groups excluding carboxylic acids is 2. The topological polar surface area (TPSA) is 77.1 Å². The molecule has 174 valence electrons. The average Bonchev–Trinajstić information content (AvgIpc) is 2.91. The Labute approximate surface area is 194 Å². The van der Waals surface area contributed by atoms with Crippen molar-refractivity contribution in [2.45, 2.75) is 39.7 Å². The molecule has 0 spiro atoms. The van der Waals surface area contributed by atoms with Gasteiger partial charge in [0.05, 0.1) is 38.7 Å². The molecule has 7 nitrogen and oxygen atoms in total. The molecule has 33 heavy (non-hydrogen) atoms. The highest BCUT2D eigenvalue weighted by Gasteiger charge is 2.43. The number of benzene rings is 2. The number of allylic oxidation sites excluding steroid dienone is 1. The number of para-hydroxylation sites is 2. The first-order valence-electron chi connectivity index (χ1n) is 10.9. The molecular weight excluding hydrogens is 420 g/mol. The predicted octanol–water partition coefficient (Wildman–Crippen LogP) is 4.88. The van der Waals surface area contributed by atoms with E-state index in [0.717, 1.165) is 11.4 Å². The summed E-state index contributed by atoms with van der Waals surface area (Å²) in [6, 6.07) is 10.6. The minimum Gasteiger partial charge on any atom is -0.493 e. The van der Waals surface area contributed by atoms with Gasteiger partial charge >= 0.3 is 0 Å². The summed E-state index contributed by atoms with van der Waals surface area (Å²) in [6.07, 6.45) is 1.09. The maximum absolute atomic E-state index is 13.6. The number of Topliss-reactive ketones (excluding diaryl/α,β-unsaturated/α-hetero) is 1. The number of hydrogen-bond acceptors (Lipinski definition) is 6. The molecule has 0 saturated heterocycles. The predicted molar refractivity (Wildman–Crippen MR) is 127 cm³/mol. The molecule has 2 aromatic carbocycles. The highest BCUT2D eigenvalue weighted by Crippen LogP contribution is 2.50. The van der Waals surface area contributed by atoms with E-state index in [1.54, 1.807) is 26.2 Å². The third kappa shape index (κ3) is 3.92. The molecule has 0 fully saturated rings.